The number of aromatic nitrogens is 4. The van der Waals surface area contributed by atoms with E-state index >= 15 is 0 Å². The molecule has 0 amide bonds. The van der Waals surface area contributed by atoms with Gasteiger partial charge in [0.25, 0.3) is 0 Å². The zero-order chi connectivity index (χ0) is 15.6. The molecule has 1 aromatic heterocycles. The van der Waals surface area contributed by atoms with E-state index in [1.54, 1.807) is 19.9 Å². The molecule has 21 heavy (non-hydrogen) atoms. The summed E-state index contributed by atoms with van der Waals surface area (Å²) < 4.78 is 14.8. The van der Waals surface area contributed by atoms with E-state index in [2.05, 4.69) is 15.5 Å². The standard InChI is InChI=1S/C13H14ClFN4O2/c1-3-13(4-2,12(20)21)19-11(16-17-18-19)8-6-5-7-9(15)10(8)14/h5-7H,3-4H2,1-2H3,(H,20,21). The Morgan fingerprint density at radius 1 is 1.43 bits per heavy atom. The largest absolute Gasteiger partial charge is 0.479 e. The Hall–Kier alpha value is -2.02. The quantitative estimate of drug-likeness (QED) is 0.918. The van der Waals surface area contributed by atoms with E-state index in [-0.39, 0.29) is 29.3 Å². The summed E-state index contributed by atoms with van der Waals surface area (Å²) in [6, 6.07) is 4.23. The van der Waals surface area contributed by atoms with E-state index in [0.29, 0.717) is 0 Å². The van der Waals surface area contributed by atoms with E-state index in [0.717, 1.165) is 0 Å². The molecule has 0 bridgehead atoms. The van der Waals surface area contributed by atoms with Crippen LogP contribution in [0.4, 0.5) is 4.39 Å². The van der Waals surface area contributed by atoms with Gasteiger partial charge in [-0.2, -0.15) is 0 Å². The molecule has 6 nitrogen and oxygen atoms in total. The lowest BCUT2D eigenvalue weighted by atomic mass is 9.92. The third-order valence-electron chi connectivity index (χ3n) is 3.64. The predicted molar refractivity (Wildman–Crippen MR) is 74.4 cm³/mol. The highest BCUT2D eigenvalue weighted by atomic mass is 35.5. The molecule has 0 unspecified atom stereocenters. The first-order valence-electron chi connectivity index (χ1n) is 6.44. The molecule has 2 aromatic rings. The number of hydrogen-bond acceptors (Lipinski definition) is 4. The second-order valence-corrected chi connectivity index (χ2v) is 4.94. The van der Waals surface area contributed by atoms with Crippen LogP contribution in [-0.2, 0) is 10.3 Å². The summed E-state index contributed by atoms with van der Waals surface area (Å²) in [5, 5.41) is 20.6. The molecule has 0 spiro atoms. The third-order valence-corrected chi connectivity index (χ3v) is 4.02. The van der Waals surface area contributed by atoms with Gasteiger partial charge in [-0.3, -0.25) is 0 Å². The maximum atomic E-state index is 13.6. The van der Waals surface area contributed by atoms with Crippen LogP contribution in [0.25, 0.3) is 11.4 Å². The highest BCUT2D eigenvalue weighted by Gasteiger charge is 2.40. The molecule has 1 N–H and O–H groups in total. The fourth-order valence-electron chi connectivity index (χ4n) is 2.26. The highest BCUT2D eigenvalue weighted by Crippen LogP contribution is 2.33. The molecule has 0 aliphatic carbocycles. The molecule has 0 saturated heterocycles. The number of rotatable bonds is 5. The van der Waals surface area contributed by atoms with Gasteiger partial charge in [-0.25, -0.2) is 13.9 Å². The summed E-state index contributed by atoms with van der Waals surface area (Å²) in [7, 11) is 0. The van der Waals surface area contributed by atoms with E-state index in [4.69, 9.17) is 11.6 Å². The number of aliphatic carboxylic acids is 1. The van der Waals surface area contributed by atoms with Crippen molar-refractivity contribution in [2.24, 2.45) is 0 Å². The molecule has 1 heterocycles. The van der Waals surface area contributed by atoms with E-state index in [9.17, 15) is 14.3 Å². The smallest absolute Gasteiger partial charge is 0.331 e. The Balaban J connectivity index is 2.68. The van der Waals surface area contributed by atoms with Crippen molar-refractivity contribution in [3.8, 4) is 11.4 Å². The minimum absolute atomic E-state index is 0.130. The minimum atomic E-state index is -1.30. The molecule has 1 aromatic carbocycles. The number of carbonyl (C=O) groups is 1. The van der Waals surface area contributed by atoms with Crippen LogP contribution in [0.3, 0.4) is 0 Å². The van der Waals surface area contributed by atoms with Gasteiger partial charge in [-0.1, -0.05) is 31.5 Å². The summed E-state index contributed by atoms with van der Waals surface area (Å²) in [5.74, 6) is -1.53. The second kappa shape index (κ2) is 5.77. The monoisotopic (exact) mass is 312 g/mol. The highest BCUT2D eigenvalue weighted by molar-refractivity contribution is 6.33. The zero-order valence-corrected chi connectivity index (χ0v) is 12.3. The number of halogens is 2. The Morgan fingerprint density at radius 2 is 2.10 bits per heavy atom. The molecule has 112 valence electrons. The molecule has 0 saturated carbocycles. The Labute approximate surface area is 125 Å². The fourth-order valence-corrected chi connectivity index (χ4v) is 2.47. The molecule has 2 rings (SSSR count). The van der Waals surface area contributed by atoms with Gasteiger partial charge in [0, 0.05) is 5.56 Å². The van der Waals surface area contributed by atoms with Crippen molar-refractivity contribution in [2.45, 2.75) is 32.2 Å². The van der Waals surface area contributed by atoms with Crippen molar-refractivity contribution in [1.29, 1.82) is 0 Å². The maximum Gasteiger partial charge on any atom is 0.331 e. The molecular weight excluding hydrogens is 299 g/mol. The predicted octanol–water partition coefficient (Wildman–Crippen LogP) is 2.73. The number of carboxylic acids is 1. The first-order valence-corrected chi connectivity index (χ1v) is 6.82. The van der Waals surface area contributed by atoms with Crippen LogP contribution in [0.1, 0.15) is 26.7 Å². The van der Waals surface area contributed by atoms with Crippen molar-refractivity contribution >= 4 is 17.6 Å². The van der Waals surface area contributed by atoms with Gasteiger partial charge in [-0.05, 0) is 35.4 Å². The molecule has 0 radical (unpaired) electrons. The number of benzene rings is 1. The number of carboxylic acid groups (broad SMARTS) is 1. The first-order chi connectivity index (χ1) is 9.97. The lowest BCUT2D eigenvalue weighted by Gasteiger charge is -2.27. The van der Waals surface area contributed by atoms with Crippen LogP contribution >= 0.6 is 11.6 Å². The van der Waals surface area contributed by atoms with Gasteiger partial charge < -0.3 is 5.11 Å². The average Bonchev–Trinajstić information content (AvgIpc) is 2.93. The fraction of sp³-hybridized carbons (Fsp3) is 0.385. The van der Waals surface area contributed by atoms with Crippen molar-refractivity contribution < 1.29 is 14.3 Å². The van der Waals surface area contributed by atoms with Crippen LogP contribution in [0.5, 0.6) is 0 Å². The third kappa shape index (κ3) is 2.37. The van der Waals surface area contributed by atoms with E-state index in [1.807, 2.05) is 0 Å². The Kier molecular flexibility index (Phi) is 4.22. The summed E-state index contributed by atoms with van der Waals surface area (Å²) in [6.45, 7) is 3.46. The summed E-state index contributed by atoms with van der Waals surface area (Å²) in [6.07, 6.45) is 0.563. The van der Waals surface area contributed by atoms with Crippen molar-refractivity contribution in [3.05, 3.63) is 29.0 Å². The average molecular weight is 313 g/mol. The molecule has 0 atom stereocenters. The summed E-state index contributed by atoms with van der Waals surface area (Å²) in [4.78, 5) is 11.7. The minimum Gasteiger partial charge on any atom is -0.479 e. The van der Waals surface area contributed by atoms with Crippen LogP contribution in [-0.4, -0.2) is 31.3 Å². The van der Waals surface area contributed by atoms with Crippen LogP contribution < -0.4 is 0 Å². The molecule has 0 aliphatic heterocycles. The second-order valence-electron chi connectivity index (χ2n) is 4.56. The van der Waals surface area contributed by atoms with Gasteiger partial charge >= 0.3 is 5.97 Å². The number of nitrogens with zero attached hydrogens (tertiary/aromatic N) is 4. The topological polar surface area (TPSA) is 80.9 Å². The Morgan fingerprint density at radius 3 is 2.67 bits per heavy atom. The SMILES string of the molecule is CCC(CC)(C(=O)O)n1nnnc1-c1cccc(F)c1Cl. The van der Waals surface area contributed by atoms with Crippen LogP contribution in [0.2, 0.25) is 5.02 Å². The normalized spacial score (nSPS) is 11.6. The van der Waals surface area contributed by atoms with Gasteiger partial charge in [0.1, 0.15) is 5.82 Å². The zero-order valence-electron chi connectivity index (χ0n) is 11.5. The van der Waals surface area contributed by atoms with Gasteiger partial charge in [0.05, 0.1) is 5.02 Å². The van der Waals surface area contributed by atoms with Gasteiger partial charge in [0.2, 0.25) is 0 Å². The lowest BCUT2D eigenvalue weighted by molar-refractivity contribution is -0.148. The number of tetrazole rings is 1. The van der Waals surface area contributed by atoms with Crippen molar-refractivity contribution in [2.75, 3.05) is 0 Å². The van der Waals surface area contributed by atoms with E-state index in [1.165, 1.54) is 16.8 Å². The van der Waals surface area contributed by atoms with E-state index < -0.39 is 17.3 Å². The first kappa shape index (κ1) is 15.4. The van der Waals surface area contributed by atoms with Crippen LogP contribution in [0.15, 0.2) is 18.2 Å². The Bertz CT molecular complexity index is 670. The number of hydrogen-bond donors (Lipinski definition) is 1. The molecule has 0 aliphatic rings. The lowest BCUT2D eigenvalue weighted by Crippen LogP contribution is -2.42. The van der Waals surface area contributed by atoms with Crippen molar-refractivity contribution in [1.82, 2.24) is 20.2 Å². The summed E-state index contributed by atoms with van der Waals surface area (Å²) in [5.41, 5.74) is -1.04. The van der Waals surface area contributed by atoms with Crippen molar-refractivity contribution in [3.63, 3.8) is 0 Å². The van der Waals surface area contributed by atoms with Crippen LogP contribution in [0, 0.1) is 5.82 Å². The van der Waals surface area contributed by atoms with Gasteiger partial charge in [-0.15, -0.1) is 5.10 Å². The molecule has 8 heteroatoms. The maximum absolute atomic E-state index is 13.6. The summed E-state index contributed by atoms with van der Waals surface area (Å²) >= 11 is 5.94. The molecule has 0 fully saturated rings. The van der Waals surface area contributed by atoms with Gasteiger partial charge in [0.15, 0.2) is 11.4 Å². The molecular formula is C13H14ClFN4O2.